The van der Waals surface area contributed by atoms with E-state index in [4.69, 9.17) is 4.74 Å². The first-order valence-corrected chi connectivity index (χ1v) is 27.3. The number of hydrogen-bond acceptors (Lipinski definition) is 5. The standard InChI is InChI=1S/C59H103NO5/c1-4-7-10-13-16-19-22-25-28-29-31-34-37-40-43-46-49-52-59(64)65-55(50-47-44-41-38-35-32-27-24-21-18-15-12-9-6-3)53-58(63)60-56(54-61)57(62)51-48-45-42-39-36-33-30-26-23-20-17-14-11-8-5-2/h9,12,16,18-19,21,25,27-28,32,38,41,47,50,55-57,61-62H,4-8,10-11,13-15,17,20,22-24,26,29-31,33-37,39-40,42-46,48-49,51-54H2,1-3H3,(H,60,63)/b12-9+,19-16-,21-18+,28-25-,32-27+,41-38+,50-47+. The van der Waals surface area contributed by atoms with Crippen LogP contribution in [0.1, 0.15) is 252 Å². The van der Waals surface area contributed by atoms with Gasteiger partial charge < -0.3 is 20.3 Å². The van der Waals surface area contributed by atoms with Gasteiger partial charge >= 0.3 is 5.97 Å². The van der Waals surface area contributed by atoms with Gasteiger partial charge in [0, 0.05) is 6.42 Å². The van der Waals surface area contributed by atoms with Crippen LogP contribution in [0.15, 0.2) is 85.1 Å². The molecule has 0 saturated carbocycles. The molecule has 374 valence electrons. The Kier molecular flexibility index (Phi) is 49.6. The zero-order valence-corrected chi connectivity index (χ0v) is 42.6. The van der Waals surface area contributed by atoms with Crippen LogP contribution in [0.2, 0.25) is 0 Å². The third kappa shape index (κ3) is 47.3. The monoisotopic (exact) mass is 906 g/mol. The minimum atomic E-state index is -0.824. The van der Waals surface area contributed by atoms with E-state index in [0.717, 1.165) is 77.0 Å². The first-order chi connectivity index (χ1) is 32.0. The van der Waals surface area contributed by atoms with Crippen LogP contribution in [0.5, 0.6) is 0 Å². The van der Waals surface area contributed by atoms with Crippen molar-refractivity contribution in [1.29, 1.82) is 0 Å². The molecule has 0 radical (unpaired) electrons. The van der Waals surface area contributed by atoms with Crippen molar-refractivity contribution in [2.24, 2.45) is 0 Å². The van der Waals surface area contributed by atoms with Crippen LogP contribution in [0.3, 0.4) is 0 Å². The second-order valence-corrected chi connectivity index (χ2v) is 18.2. The molecule has 6 heteroatoms. The Labute approximate surface area is 402 Å². The molecule has 0 spiro atoms. The number of aliphatic hydroxyl groups excluding tert-OH is 2. The Balaban J connectivity index is 4.69. The second-order valence-electron chi connectivity index (χ2n) is 18.2. The Morgan fingerprint density at radius 2 is 0.862 bits per heavy atom. The third-order valence-corrected chi connectivity index (χ3v) is 12.0. The highest BCUT2D eigenvalue weighted by Crippen LogP contribution is 2.16. The van der Waals surface area contributed by atoms with Gasteiger partial charge in [0.2, 0.25) is 5.91 Å². The smallest absolute Gasteiger partial charge is 0.306 e. The number of amides is 1. The lowest BCUT2D eigenvalue weighted by Crippen LogP contribution is -2.46. The summed E-state index contributed by atoms with van der Waals surface area (Å²) in [4.78, 5) is 26.1. The van der Waals surface area contributed by atoms with Crippen LogP contribution in [0.4, 0.5) is 0 Å². The number of rotatable bonds is 48. The Morgan fingerprint density at radius 1 is 0.477 bits per heavy atom. The van der Waals surface area contributed by atoms with E-state index in [1.54, 1.807) is 6.08 Å². The van der Waals surface area contributed by atoms with E-state index >= 15 is 0 Å². The molecule has 65 heavy (non-hydrogen) atoms. The van der Waals surface area contributed by atoms with Crippen molar-refractivity contribution >= 4 is 11.9 Å². The summed E-state index contributed by atoms with van der Waals surface area (Å²) in [7, 11) is 0. The third-order valence-electron chi connectivity index (χ3n) is 12.0. The minimum Gasteiger partial charge on any atom is -0.458 e. The fraction of sp³-hybridized carbons (Fsp3) is 0.729. The molecule has 1 amide bonds. The van der Waals surface area contributed by atoms with Crippen molar-refractivity contribution in [2.45, 2.75) is 270 Å². The molecule has 0 fully saturated rings. The Hall–Kier alpha value is -2.96. The summed E-state index contributed by atoms with van der Waals surface area (Å²) >= 11 is 0. The Morgan fingerprint density at radius 3 is 1.34 bits per heavy atom. The van der Waals surface area contributed by atoms with Gasteiger partial charge in [0.1, 0.15) is 6.10 Å². The number of allylic oxidation sites excluding steroid dienone is 13. The molecule has 0 bridgehead atoms. The molecule has 0 aliphatic carbocycles. The number of carbonyl (C=O) groups is 2. The summed E-state index contributed by atoms with van der Waals surface area (Å²) in [5.41, 5.74) is 0. The molecule has 6 nitrogen and oxygen atoms in total. The predicted molar refractivity (Wildman–Crippen MR) is 282 cm³/mol. The maximum Gasteiger partial charge on any atom is 0.306 e. The molecule has 3 N–H and O–H groups in total. The molecule has 0 heterocycles. The molecular formula is C59H103NO5. The zero-order chi connectivity index (χ0) is 47.4. The minimum absolute atomic E-state index is 0.0520. The maximum atomic E-state index is 13.2. The lowest BCUT2D eigenvalue weighted by molar-refractivity contribution is -0.148. The number of nitrogens with one attached hydrogen (secondary N) is 1. The highest BCUT2D eigenvalue weighted by atomic mass is 16.5. The van der Waals surface area contributed by atoms with Crippen LogP contribution in [-0.2, 0) is 14.3 Å². The molecular weight excluding hydrogens is 803 g/mol. The predicted octanol–water partition coefficient (Wildman–Crippen LogP) is 16.7. The lowest BCUT2D eigenvalue weighted by atomic mass is 10.0. The van der Waals surface area contributed by atoms with Crippen molar-refractivity contribution in [3.05, 3.63) is 85.1 Å². The SMILES string of the molecule is CC/C=C/C/C=C/C/C=C/C/C=C/C/C=C/C(CC(=O)NC(CO)C(O)CCCCCCCCCCCCCCCCC)OC(=O)CCCCCCCCC/C=C\C/C=C\CCCCC. The van der Waals surface area contributed by atoms with E-state index in [9.17, 15) is 19.8 Å². The highest BCUT2D eigenvalue weighted by molar-refractivity contribution is 5.78. The quantitative estimate of drug-likeness (QED) is 0.0321. The van der Waals surface area contributed by atoms with E-state index in [1.807, 2.05) is 6.08 Å². The van der Waals surface area contributed by atoms with E-state index in [1.165, 1.54) is 128 Å². The van der Waals surface area contributed by atoms with Crippen molar-refractivity contribution < 1.29 is 24.5 Å². The van der Waals surface area contributed by atoms with Gasteiger partial charge in [0.05, 0.1) is 25.2 Å². The number of aliphatic hydroxyl groups is 2. The average molecular weight is 906 g/mol. The van der Waals surface area contributed by atoms with Crippen LogP contribution < -0.4 is 5.32 Å². The number of carbonyl (C=O) groups excluding carboxylic acids is 2. The molecule has 0 aromatic heterocycles. The molecule has 0 rings (SSSR count). The first kappa shape index (κ1) is 62.0. The highest BCUT2D eigenvalue weighted by Gasteiger charge is 2.23. The molecule has 3 atom stereocenters. The molecule has 3 unspecified atom stereocenters. The largest absolute Gasteiger partial charge is 0.458 e. The van der Waals surface area contributed by atoms with Gasteiger partial charge in [-0.2, -0.15) is 0 Å². The van der Waals surface area contributed by atoms with E-state index < -0.39 is 18.2 Å². The summed E-state index contributed by atoms with van der Waals surface area (Å²) in [6.07, 6.45) is 68.2. The topological polar surface area (TPSA) is 95.9 Å². The number of hydrogen-bond donors (Lipinski definition) is 3. The molecule has 0 aromatic rings. The van der Waals surface area contributed by atoms with Gasteiger partial charge in [0.25, 0.3) is 0 Å². The summed E-state index contributed by atoms with van der Waals surface area (Å²) in [6.45, 7) is 6.31. The van der Waals surface area contributed by atoms with Crippen molar-refractivity contribution in [1.82, 2.24) is 5.32 Å². The van der Waals surface area contributed by atoms with Crippen LogP contribution in [0.25, 0.3) is 0 Å². The van der Waals surface area contributed by atoms with Crippen molar-refractivity contribution in [3.8, 4) is 0 Å². The molecule has 0 aliphatic heterocycles. The maximum absolute atomic E-state index is 13.2. The van der Waals surface area contributed by atoms with E-state index in [2.05, 4.69) is 99.0 Å². The average Bonchev–Trinajstić information content (AvgIpc) is 3.30. The van der Waals surface area contributed by atoms with Gasteiger partial charge in [-0.1, -0.05) is 241 Å². The molecule has 0 aliphatic rings. The normalized spacial score (nSPS) is 13.9. The number of unbranched alkanes of at least 4 members (excludes halogenated alkanes) is 24. The van der Waals surface area contributed by atoms with Crippen LogP contribution >= 0.6 is 0 Å². The number of esters is 1. The first-order valence-electron chi connectivity index (χ1n) is 27.3. The lowest BCUT2D eigenvalue weighted by Gasteiger charge is -2.23. The summed E-state index contributed by atoms with van der Waals surface area (Å²) in [5, 5.41) is 23.8. The van der Waals surface area contributed by atoms with E-state index in [0.29, 0.717) is 19.3 Å². The van der Waals surface area contributed by atoms with Gasteiger partial charge in [-0.15, -0.1) is 0 Å². The number of ether oxygens (including phenoxy) is 1. The van der Waals surface area contributed by atoms with Crippen LogP contribution in [0, 0.1) is 0 Å². The van der Waals surface area contributed by atoms with Crippen molar-refractivity contribution in [3.63, 3.8) is 0 Å². The van der Waals surface area contributed by atoms with Gasteiger partial charge in [-0.25, -0.2) is 0 Å². The Bertz CT molecular complexity index is 1250. The molecule has 0 aromatic carbocycles. The second kappa shape index (κ2) is 52.0. The molecule has 0 saturated heterocycles. The van der Waals surface area contributed by atoms with Gasteiger partial charge in [-0.05, 0) is 83.1 Å². The fourth-order valence-corrected chi connectivity index (χ4v) is 7.83. The van der Waals surface area contributed by atoms with Crippen molar-refractivity contribution in [2.75, 3.05) is 6.61 Å². The summed E-state index contributed by atoms with van der Waals surface area (Å²) in [6, 6.07) is -0.748. The summed E-state index contributed by atoms with van der Waals surface area (Å²) < 4.78 is 5.83. The van der Waals surface area contributed by atoms with Gasteiger partial charge in [0.15, 0.2) is 0 Å². The summed E-state index contributed by atoms with van der Waals surface area (Å²) in [5.74, 6) is -0.638. The zero-order valence-electron chi connectivity index (χ0n) is 42.6. The van der Waals surface area contributed by atoms with Gasteiger partial charge in [-0.3, -0.25) is 9.59 Å². The fourth-order valence-electron chi connectivity index (χ4n) is 7.83. The van der Waals surface area contributed by atoms with E-state index in [-0.39, 0.29) is 24.9 Å². The van der Waals surface area contributed by atoms with Crippen LogP contribution in [-0.4, -0.2) is 46.9 Å².